The van der Waals surface area contributed by atoms with Crippen molar-refractivity contribution in [2.45, 2.75) is 25.3 Å². The van der Waals surface area contributed by atoms with E-state index in [1.54, 1.807) is 0 Å². The lowest BCUT2D eigenvalue weighted by atomic mass is 9.80. The molecule has 0 amide bonds. The molecule has 3 aliphatic rings. The van der Waals surface area contributed by atoms with Gasteiger partial charge in [-0.05, 0) is 96.4 Å². The molecule has 1 atom stereocenters. The lowest BCUT2D eigenvalue weighted by Crippen LogP contribution is -2.47. The Bertz CT molecular complexity index is 3150. The summed E-state index contributed by atoms with van der Waals surface area (Å²) in [4.78, 5) is 7.70. The average Bonchev–Trinajstić information content (AvgIpc) is 3.71. The highest BCUT2D eigenvalue weighted by Gasteiger charge is 2.36. The van der Waals surface area contributed by atoms with E-state index in [0.717, 1.165) is 21.9 Å². The van der Waals surface area contributed by atoms with E-state index in [1.165, 1.54) is 77.3 Å². The fourth-order valence-electron chi connectivity index (χ4n) is 9.66. The van der Waals surface area contributed by atoms with E-state index in [1.807, 2.05) is 6.07 Å². The Morgan fingerprint density at radius 3 is 1.96 bits per heavy atom. The number of rotatable bonds is 3. The molecule has 0 bridgehead atoms. The van der Waals surface area contributed by atoms with Gasteiger partial charge >= 0.3 is 0 Å². The molecule has 1 unspecified atom stereocenters. The molecule has 0 N–H and O–H groups in total. The third-order valence-electron chi connectivity index (χ3n) is 12.2. The summed E-state index contributed by atoms with van der Waals surface area (Å²) in [5.74, 6) is 0. The molecule has 0 radical (unpaired) electrons. The molecule has 0 spiro atoms. The summed E-state index contributed by atoms with van der Waals surface area (Å²) in [5, 5.41) is 16.7. The summed E-state index contributed by atoms with van der Waals surface area (Å²) in [6, 6.07) is 48.5. The van der Waals surface area contributed by atoms with Gasteiger partial charge in [0, 0.05) is 29.8 Å². The van der Waals surface area contributed by atoms with Gasteiger partial charge in [0.25, 0.3) is 0 Å². The van der Waals surface area contributed by atoms with Crippen LogP contribution in [0.3, 0.4) is 0 Å². The van der Waals surface area contributed by atoms with Gasteiger partial charge in [0.15, 0.2) is 0 Å². The van der Waals surface area contributed by atoms with Crippen LogP contribution < -0.4 is 10.7 Å². The Kier molecular flexibility index (Phi) is 6.61. The predicted octanol–water partition coefficient (Wildman–Crippen LogP) is 9.90. The number of hydrogen-bond donors (Lipinski definition) is 0. The van der Waals surface area contributed by atoms with Gasteiger partial charge in [0.05, 0.1) is 34.1 Å². The number of benzene rings is 6. The number of allylic oxidation sites excluding steroid dienone is 2. The lowest BCUT2D eigenvalue weighted by molar-refractivity contribution is 0.459. The van der Waals surface area contributed by atoms with Gasteiger partial charge in [0.2, 0.25) is 0 Å². The third-order valence-corrected chi connectivity index (χ3v) is 12.2. The summed E-state index contributed by atoms with van der Waals surface area (Å²) in [5.41, 5.74) is 14.7. The van der Waals surface area contributed by atoms with Crippen molar-refractivity contribution in [3.8, 4) is 39.4 Å². The lowest BCUT2D eigenvalue weighted by Gasteiger charge is -2.34. The number of fused-ring (bicyclic) bond motifs is 9. The van der Waals surface area contributed by atoms with Crippen molar-refractivity contribution in [2.75, 3.05) is 7.05 Å². The quantitative estimate of drug-likeness (QED) is 0.172. The van der Waals surface area contributed by atoms with E-state index in [-0.39, 0.29) is 11.5 Å². The van der Waals surface area contributed by atoms with Gasteiger partial charge in [-0.15, -0.1) is 0 Å². The van der Waals surface area contributed by atoms with Crippen LogP contribution in [0.15, 0.2) is 158 Å². The SMILES string of the molecule is CN1C(c2ccccc2)=c2c(nc3ccc(-c4c5ccccc5c(-c5ccc6c(c5)C(C)(C)c5cc(C#N)ccc5-6)c5ccccc45)cn23)=C2C=CC=CC21. The zero-order valence-corrected chi connectivity index (χ0v) is 30.9. The first-order valence-corrected chi connectivity index (χ1v) is 19.0. The summed E-state index contributed by atoms with van der Waals surface area (Å²) in [6.45, 7) is 4.57. The molecule has 8 aromatic rings. The molecule has 260 valence electrons. The predicted molar refractivity (Wildman–Crippen MR) is 225 cm³/mol. The maximum Gasteiger partial charge on any atom is 0.138 e. The van der Waals surface area contributed by atoms with Crippen LogP contribution in [0.2, 0.25) is 0 Å². The van der Waals surface area contributed by atoms with Crippen LogP contribution in [0.5, 0.6) is 0 Å². The number of nitriles is 1. The minimum atomic E-state index is -0.232. The highest BCUT2D eigenvalue weighted by Crippen LogP contribution is 2.51. The van der Waals surface area contributed by atoms with Crippen molar-refractivity contribution in [3.05, 3.63) is 191 Å². The van der Waals surface area contributed by atoms with Crippen molar-refractivity contribution in [1.82, 2.24) is 14.3 Å². The van der Waals surface area contributed by atoms with Gasteiger partial charge < -0.3 is 4.90 Å². The maximum absolute atomic E-state index is 9.70. The van der Waals surface area contributed by atoms with Gasteiger partial charge in [-0.1, -0.05) is 135 Å². The van der Waals surface area contributed by atoms with E-state index in [2.05, 4.69) is 188 Å². The van der Waals surface area contributed by atoms with Crippen LogP contribution in [0.4, 0.5) is 0 Å². The molecule has 2 aliphatic carbocycles. The topological polar surface area (TPSA) is 44.3 Å². The van der Waals surface area contributed by atoms with Gasteiger partial charge in [-0.3, -0.25) is 4.40 Å². The summed E-state index contributed by atoms with van der Waals surface area (Å²) in [7, 11) is 2.20. The second kappa shape index (κ2) is 11.5. The molecule has 3 heterocycles. The van der Waals surface area contributed by atoms with E-state index >= 15 is 0 Å². The average molecular weight is 705 g/mol. The molecular weight excluding hydrogens is 669 g/mol. The van der Waals surface area contributed by atoms with Crippen molar-refractivity contribution < 1.29 is 0 Å². The largest absolute Gasteiger partial charge is 0.362 e. The molecule has 1 aliphatic heterocycles. The molecule has 55 heavy (non-hydrogen) atoms. The minimum absolute atomic E-state index is 0.117. The molecule has 0 saturated heterocycles. The van der Waals surface area contributed by atoms with Crippen LogP contribution in [-0.4, -0.2) is 27.4 Å². The number of nitrogens with zero attached hydrogens (tertiary/aromatic N) is 4. The highest BCUT2D eigenvalue weighted by molar-refractivity contribution is 6.21. The number of pyridine rings is 1. The van der Waals surface area contributed by atoms with E-state index < -0.39 is 0 Å². The Balaban J connectivity index is 1.18. The van der Waals surface area contributed by atoms with Gasteiger partial charge in [0.1, 0.15) is 5.65 Å². The van der Waals surface area contributed by atoms with Gasteiger partial charge in [-0.25, -0.2) is 4.98 Å². The van der Waals surface area contributed by atoms with Crippen LogP contribution in [0.1, 0.15) is 36.1 Å². The zero-order chi connectivity index (χ0) is 37.0. The Hall–Kier alpha value is -6.96. The molecule has 4 heteroatoms. The fraction of sp³-hybridized carbons (Fsp3) is 0.0980. The smallest absolute Gasteiger partial charge is 0.138 e. The first kappa shape index (κ1) is 31.6. The number of imidazole rings is 1. The molecule has 0 saturated carbocycles. The second-order valence-corrected chi connectivity index (χ2v) is 15.5. The van der Waals surface area contributed by atoms with Gasteiger partial charge in [-0.2, -0.15) is 5.26 Å². The highest BCUT2D eigenvalue weighted by atomic mass is 15.2. The third kappa shape index (κ3) is 4.41. The summed E-state index contributed by atoms with van der Waals surface area (Å²) >= 11 is 0. The van der Waals surface area contributed by atoms with Crippen LogP contribution in [0, 0.1) is 11.3 Å². The van der Waals surface area contributed by atoms with Crippen molar-refractivity contribution in [3.63, 3.8) is 0 Å². The van der Waals surface area contributed by atoms with Crippen molar-refractivity contribution in [2.24, 2.45) is 0 Å². The fourth-order valence-corrected chi connectivity index (χ4v) is 9.66. The minimum Gasteiger partial charge on any atom is -0.362 e. The normalized spacial score (nSPS) is 16.3. The standard InChI is InChI=1S/C51H36N4/c1-51(2)42-27-31(29-52)21-24-35(42)36-25-22-33(28-43(36)51)46-37-15-7-9-17-39(37)47(40-18-10-8-16-38(40)46)34-23-26-45-53-48-41-19-11-12-20-44(41)54(3)49(50(48)55(45)30-34)32-13-5-4-6-14-32/h4-28,30,44H,1-3H3. The Morgan fingerprint density at radius 2 is 1.27 bits per heavy atom. The van der Waals surface area contributed by atoms with Crippen LogP contribution in [0.25, 0.3) is 71.8 Å². The van der Waals surface area contributed by atoms with Crippen LogP contribution in [-0.2, 0) is 5.41 Å². The first-order chi connectivity index (χ1) is 26.9. The Labute approximate surface area is 319 Å². The number of likely N-dealkylation sites (N-methyl/N-ethyl adjacent to an activating group) is 1. The summed E-state index contributed by atoms with van der Waals surface area (Å²) in [6.07, 6.45) is 11.1. The monoisotopic (exact) mass is 704 g/mol. The first-order valence-electron chi connectivity index (χ1n) is 19.0. The number of aromatic nitrogens is 2. The van der Waals surface area contributed by atoms with E-state index in [4.69, 9.17) is 4.98 Å². The van der Waals surface area contributed by atoms with Crippen molar-refractivity contribution in [1.29, 1.82) is 5.26 Å². The van der Waals surface area contributed by atoms with E-state index in [0.29, 0.717) is 5.56 Å². The second-order valence-electron chi connectivity index (χ2n) is 15.5. The molecule has 6 aromatic carbocycles. The molecule has 11 rings (SSSR count). The molecular formula is C51H36N4. The summed E-state index contributed by atoms with van der Waals surface area (Å²) < 4.78 is 2.31. The number of hydrogen-bond acceptors (Lipinski definition) is 3. The molecule has 0 fully saturated rings. The Morgan fingerprint density at radius 1 is 0.655 bits per heavy atom. The molecule has 2 aromatic heterocycles. The maximum atomic E-state index is 9.70. The molecule has 4 nitrogen and oxygen atoms in total. The van der Waals surface area contributed by atoms with Crippen molar-refractivity contribution >= 4 is 38.5 Å². The zero-order valence-electron chi connectivity index (χ0n) is 30.9. The van der Waals surface area contributed by atoms with Crippen LogP contribution >= 0.6 is 0 Å². The van der Waals surface area contributed by atoms with E-state index in [9.17, 15) is 5.26 Å².